The van der Waals surface area contributed by atoms with Crippen LogP contribution in [0.25, 0.3) is 0 Å². The van der Waals surface area contributed by atoms with Crippen LogP contribution in [0.15, 0.2) is 35.3 Å². The van der Waals surface area contributed by atoms with Gasteiger partial charge in [-0.15, -0.1) is 0 Å². The summed E-state index contributed by atoms with van der Waals surface area (Å²) < 4.78 is 0. The highest BCUT2D eigenvalue weighted by Crippen LogP contribution is 2.28. The lowest BCUT2D eigenvalue weighted by molar-refractivity contribution is 0.237. The predicted octanol–water partition coefficient (Wildman–Crippen LogP) is 2.75. The van der Waals surface area contributed by atoms with E-state index in [0.29, 0.717) is 6.54 Å². The highest BCUT2D eigenvalue weighted by Gasteiger charge is 2.20. The second kappa shape index (κ2) is 6.44. The summed E-state index contributed by atoms with van der Waals surface area (Å²) in [5, 5.41) is 9.10. The molecule has 1 heterocycles. The molecular weight excluding hydrogens is 294 g/mol. The van der Waals surface area contributed by atoms with Gasteiger partial charge in [-0.3, -0.25) is 0 Å². The maximum Gasteiger partial charge on any atom is 0.315 e. The van der Waals surface area contributed by atoms with Crippen LogP contribution in [0.5, 0.6) is 0 Å². The molecule has 1 aromatic carbocycles. The molecule has 0 radical (unpaired) electrons. The first-order valence-corrected chi connectivity index (χ1v) is 6.85. The lowest BCUT2D eigenvalue weighted by Crippen LogP contribution is -2.39. The fourth-order valence-electron chi connectivity index (χ4n) is 2.02. The minimum absolute atomic E-state index is 0.0791. The molecule has 1 aliphatic rings. The zero-order valence-corrected chi connectivity index (χ0v) is 11.5. The summed E-state index contributed by atoms with van der Waals surface area (Å²) >= 11 is 3.16. The van der Waals surface area contributed by atoms with Gasteiger partial charge in [0.1, 0.15) is 0 Å². The SMILES string of the molecule is O=C(NCC=CBr)NC1CCNc2ccccc21. The number of benzene rings is 1. The van der Waals surface area contributed by atoms with E-state index in [9.17, 15) is 4.79 Å². The molecule has 1 unspecified atom stereocenters. The van der Waals surface area contributed by atoms with Crippen molar-refractivity contribution in [1.82, 2.24) is 10.6 Å². The molecule has 2 rings (SSSR count). The Hall–Kier alpha value is -1.49. The van der Waals surface area contributed by atoms with Gasteiger partial charge in [-0.2, -0.15) is 0 Å². The summed E-state index contributed by atoms with van der Waals surface area (Å²) in [6.07, 6.45) is 2.73. The number of carbonyl (C=O) groups is 1. The van der Waals surface area contributed by atoms with Crippen molar-refractivity contribution in [2.75, 3.05) is 18.4 Å². The van der Waals surface area contributed by atoms with Crippen molar-refractivity contribution >= 4 is 27.6 Å². The molecule has 96 valence electrons. The first-order chi connectivity index (χ1) is 8.81. The van der Waals surface area contributed by atoms with Crippen molar-refractivity contribution in [3.05, 3.63) is 40.9 Å². The molecule has 0 aromatic heterocycles. The van der Waals surface area contributed by atoms with Crippen LogP contribution in [-0.2, 0) is 0 Å². The Bertz CT molecular complexity index is 448. The molecule has 4 nitrogen and oxygen atoms in total. The summed E-state index contributed by atoms with van der Waals surface area (Å²) in [5.74, 6) is 0. The van der Waals surface area contributed by atoms with Crippen LogP contribution in [0.1, 0.15) is 18.0 Å². The molecule has 0 spiro atoms. The number of rotatable bonds is 3. The predicted molar refractivity (Wildman–Crippen MR) is 76.9 cm³/mol. The Morgan fingerprint density at radius 3 is 3.17 bits per heavy atom. The van der Waals surface area contributed by atoms with Gasteiger partial charge in [0.2, 0.25) is 0 Å². The molecule has 2 amide bonds. The minimum Gasteiger partial charge on any atom is -0.385 e. The normalized spacial score (nSPS) is 17.9. The third kappa shape index (κ3) is 3.26. The van der Waals surface area contributed by atoms with E-state index >= 15 is 0 Å². The molecule has 3 N–H and O–H groups in total. The van der Waals surface area contributed by atoms with E-state index in [0.717, 1.165) is 24.2 Å². The van der Waals surface area contributed by atoms with Crippen molar-refractivity contribution in [3.8, 4) is 0 Å². The van der Waals surface area contributed by atoms with E-state index in [-0.39, 0.29) is 12.1 Å². The fraction of sp³-hybridized carbons (Fsp3) is 0.308. The molecule has 0 fully saturated rings. The lowest BCUT2D eigenvalue weighted by Gasteiger charge is -2.27. The molecule has 0 saturated carbocycles. The van der Waals surface area contributed by atoms with Gasteiger partial charge in [0.25, 0.3) is 0 Å². The highest BCUT2D eigenvalue weighted by atomic mass is 79.9. The fourth-order valence-corrected chi connectivity index (χ4v) is 2.21. The Morgan fingerprint density at radius 1 is 1.50 bits per heavy atom. The second-order valence-electron chi connectivity index (χ2n) is 4.07. The monoisotopic (exact) mass is 309 g/mol. The Balaban J connectivity index is 1.96. The van der Waals surface area contributed by atoms with E-state index in [1.165, 1.54) is 0 Å². The largest absolute Gasteiger partial charge is 0.385 e. The quantitative estimate of drug-likeness (QED) is 0.804. The topological polar surface area (TPSA) is 53.2 Å². The molecule has 0 aliphatic carbocycles. The lowest BCUT2D eigenvalue weighted by atomic mass is 9.98. The molecule has 1 aromatic rings. The van der Waals surface area contributed by atoms with Crippen LogP contribution in [0, 0.1) is 0 Å². The van der Waals surface area contributed by atoms with Gasteiger partial charge in [0, 0.05) is 18.8 Å². The summed E-state index contributed by atoms with van der Waals surface area (Å²) in [4.78, 5) is 13.4. The summed E-state index contributed by atoms with van der Waals surface area (Å²) in [6, 6.07) is 8.01. The smallest absolute Gasteiger partial charge is 0.315 e. The molecule has 5 heteroatoms. The number of carbonyl (C=O) groups excluding carboxylic acids is 1. The zero-order chi connectivity index (χ0) is 12.8. The van der Waals surface area contributed by atoms with E-state index in [1.807, 2.05) is 30.3 Å². The van der Waals surface area contributed by atoms with Gasteiger partial charge in [0.15, 0.2) is 0 Å². The van der Waals surface area contributed by atoms with E-state index < -0.39 is 0 Å². The van der Waals surface area contributed by atoms with Gasteiger partial charge in [-0.05, 0) is 23.0 Å². The Labute approximate surface area is 115 Å². The van der Waals surface area contributed by atoms with Gasteiger partial charge in [0.05, 0.1) is 6.04 Å². The van der Waals surface area contributed by atoms with Crippen LogP contribution >= 0.6 is 15.9 Å². The van der Waals surface area contributed by atoms with Crippen LogP contribution < -0.4 is 16.0 Å². The standard InChI is InChI=1S/C13H16BrN3O/c14-7-3-8-16-13(18)17-12-6-9-15-11-5-2-1-4-10(11)12/h1-5,7,12,15H,6,8-9H2,(H2,16,17,18). The number of amides is 2. The van der Waals surface area contributed by atoms with Gasteiger partial charge < -0.3 is 16.0 Å². The first-order valence-electron chi connectivity index (χ1n) is 5.93. The average molecular weight is 310 g/mol. The summed E-state index contributed by atoms with van der Waals surface area (Å²) in [5.41, 5.74) is 2.25. The average Bonchev–Trinajstić information content (AvgIpc) is 2.39. The summed E-state index contributed by atoms with van der Waals surface area (Å²) in [7, 11) is 0. The van der Waals surface area contributed by atoms with Crippen molar-refractivity contribution in [2.24, 2.45) is 0 Å². The van der Waals surface area contributed by atoms with Crippen molar-refractivity contribution < 1.29 is 4.79 Å². The number of urea groups is 1. The van der Waals surface area contributed by atoms with E-state index in [4.69, 9.17) is 0 Å². The molecule has 18 heavy (non-hydrogen) atoms. The van der Waals surface area contributed by atoms with Gasteiger partial charge in [-0.1, -0.05) is 40.2 Å². The van der Waals surface area contributed by atoms with Crippen molar-refractivity contribution in [1.29, 1.82) is 0 Å². The van der Waals surface area contributed by atoms with Crippen molar-refractivity contribution in [3.63, 3.8) is 0 Å². The molecule has 0 saturated heterocycles. The molecular formula is C13H16BrN3O. The number of nitrogens with one attached hydrogen (secondary N) is 3. The number of fused-ring (bicyclic) bond motifs is 1. The molecule has 0 bridgehead atoms. The van der Waals surface area contributed by atoms with Gasteiger partial charge >= 0.3 is 6.03 Å². The van der Waals surface area contributed by atoms with Crippen LogP contribution in [-0.4, -0.2) is 19.1 Å². The third-order valence-corrected chi connectivity index (χ3v) is 3.23. The number of para-hydroxylation sites is 1. The third-order valence-electron chi connectivity index (χ3n) is 2.86. The van der Waals surface area contributed by atoms with Crippen LogP contribution in [0.2, 0.25) is 0 Å². The number of halogens is 1. The highest BCUT2D eigenvalue weighted by molar-refractivity contribution is 9.11. The number of hydrogen-bond donors (Lipinski definition) is 3. The minimum atomic E-state index is -0.137. The Morgan fingerprint density at radius 2 is 2.33 bits per heavy atom. The first kappa shape index (κ1) is 13.0. The molecule has 1 aliphatic heterocycles. The number of anilines is 1. The maximum absolute atomic E-state index is 11.7. The van der Waals surface area contributed by atoms with Gasteiger partial charge in [-0.25, -0.2) is 4.79 Å². The van der Waals surface area contributed by atoms with Crippen LogP contribution in [0.4, 0.5) is 10.5 Å². The molecule has 1 atom stereocenters. The van der Waals surface area contributed by atoms with E-state index in [2.05, 4.69) is 31.9 Å². The summed E-state index contributed by atoms with van der Waals surface area (Å²) in [6.45, 7) is 1.40. The Kier molecular flexibility index (Phi) is 4.64. The second-order valence-corrected chi connectivity index (χ2v) is 4.60. The van der Waals surface area contributed by atoms with E-state index in [1.54, 1.807) is 4.99 Å². The van der Waals surface area contributed by atoms with Crippen molar-refractivity contribution in [2.45, 2.75) is 12.5 Å². The van der Waals surface area contributed by atoms with Crippen LogP contribution in [0.3, 0.4) is 0 Å². The zero-order valence-electron chi connectivity index (χ0n) is 9.95. The number of hydrogen-bond acceptors (Lipinski definition) is 2. The maximum atomic E-state index is 11.7.